The first kappa shape index (κ1) is 16.8. The lowest BCUT2D eigenvalue weighted by Gasteiger charge is -2.08. The molecule has 124 valence electrons. The Kier molecular flexibility index (Phi) is 4.76. The summed E-state index contributed by atoms with van der Waals surface area (Å²) in [5, 5.41) is 14.3. The van der Waals surface area contributed by atoms with Gasteiger partial charge in [-0.3, -0.25) is 0 Å². The standard InChI is InChI=1S/C17H13Cl2FN2O2/c1-24-16-5-3-2-4-15(16)22-8-10(9-23)17(21-22)11-6-14(20)13(19)7-12(11)18/h2-8,23H,9H2,1H3. The second kappa shape index (κ2) is 6.81. The Hall–Kier alpha value is -2.08. The Balaban J connectivity index is 2.17. The van der Waals surface area contributed by atoms with Crippen molar-refractivity contribution in [2.75, 3.05) is 7.11 Å². The van der Waals surface area contributed by atoms with Gasteiger partial charge in [0.15, 0.2) is 0 Å². The van der Waals surface area contributed by atoms with Crippen molar-refractivity contribution in [2.45, 2.75) is 6.61 Å². The summed E-state index contributed by atoms with van der Waals surface area (Å²) < 4.78 is 20.7. The van der Waals surface area contributed by atoms with E-state index < -0.39 is 5.82 Å². The van der Waals surface area contributed by atoms with E-state index in [1.165, 1.54) is 12.1 Å². The fourth-order valence-corrected chi connectivity index (χ4v) is 2.87. The fourth-order valence-electron chi connectivity index (χ4n) is 2.40. The molecule has 0 fully saturated rings. The molecular weight excluding hydrogens is 354 g/mol. The van der Waals surface area contributed by atoms with Crippen LogP contribution in [0.2, 0.25) is 10.0 Å². The van der Waals surface area contributed by atoms with Crippen LogP contribution in [-0.4, -0.2) is 22.0 Å². The van der Waals surface area contributed by atoms with Crippen LogP contribution in [0.5, 0.6) is 5.75 Å². The van der Waals surface area contributed by atoms with Gasteiger partial charge in [-0.1, -0.05) is 35.3 Å². The molecular formula is C17H13Cl2FN2O2. The minimum atomic E-state index is -0.605. The first-order valence-corrected chi connectivity index (χ1v) is 7.78. The molecule has 7 heteroatoms. The van der Waals surface area contributed by atoms with Gasteiger partial charge in [0.2, 0.25) is 0 Å². The molecule has 1 N–H and O–H groups in total. The molecule has 3 rings (SSSR count). The largest absolute Gasteiger partial charge is 0.494 e. The van der Waals surface area contributed by atoms with Crippen LogP contribution < -0.4 is 4.74 Å². The lowest BCUT2D eigenvalue weighted by atomic mass is 10.1. The number of para-hydroxylation sites is 2. The van der Waals surface area contributed by atoms with Crippen molar-refractivity contribution in [1.29, 1.82) is 0 Å². The summed E-state index contributed by atoms with van der Waals surface area (Å²) in [4.78, 5) is 0. The molecule has 1 aromatic heterocycles. The van der Waals surface area contributed by atoms with Crippen LogP contribution in [0.3, 0.4) is 0 Å². The zero-order valence-electron chi connectivity index (χ0n) is 12.6. The van der Waals surface area contributed by atoms with E-state index in [2.05, 4.69) is 5.10 Å². The maximum Gasteiger partial charge on any atom is 0.144 e. The first-order valence-electron chi connectivity index (χ1n) is 7.03. The molecule has 0 aliphatic rings. The molecule has 0 saturated heterocycles. The summed E-state index contributed by atoms with van der Waals surface area (Å²) in [5.74, 6) is 0.0104. The number of aromatic nitrogens is 2. The minimum Gasteiger partial charge on any atom is -0.494 e. The molecule has 2 aromatic carbocycles. The molecule has 0 radical (unpaired) electrons. The molecule has 0 atom stereocenters. The van der Waals surface area contributed by atoms with Gasteiger partial charge >= 0.3 is 0 Å². The van der Waals surface area contributed by atoms with Crippen molar-refractivity contribution in [3.8, 4) is 22.7 Å². The topological polar surface area (TPSA) is 47.3 Å². The van der Waals surface area contributed by atoms with Crippen molar-refractivity contribution in [3.63, 3.8) is 0 Å². The van der Waals surface area contributed by atoms with Gasteiger partial charge < -0.3 is 9.84 Å². The average Bonchev–Trinajstić information content (AvgIpc) is 3.02. The first-order chi connectivity index (χ1) is 11.5. The van der Waals surface area contributed by atoms with Gasteiger partial charge in [-0.25, -0.2) is 9.07 Å². The predicted octanol–water partition coefficient (Wildman–Crippen LogP) is 4.49. The van der Waals surface area contributed by atoms with Gasteiger partial charge in [-0.05, 0) is 24.3 Å². The summed E-state index contributed by atoms with van der Waals surface area (Å²) in [6, 6.07) is 9.82. The Bertz CT molecular complexity index is 896. The minimum absolute atomic E-state index is 0.0709. The van der Waals surface area contributed by atoms with Crippen molar-refractivity contribution in [2.24, 2.45) is 0 Å². The Morgan fingerprint density at radius 1 is 1.21 bits per heavy atom. The maximum atomic E-state index is 13.8. The van der Waals surface area contributed by atoms with Gasteiger partial charge in [0.05, 0.1) is 29.5 Å². The second-order valence-electron chi connectivity index (χ2n) is 5.02. The number of methoxy groups -OCH3 is 1. The normalized spacial score (nSPS) is 10.9. The van der Waals surface area contributed by atoms with Crippen molar-refractivity contribution >= 4 is 23.2 Å². The van der Waals surface area contributed by atoms with Gasteiger partial charge in [0.1, 0.15) is 17.3 Å². The number of hydrogen-bond acceptors (Lipinski definition) is 3. The quantitative estimate of drug-likeness (QED) is 0.692. The van der Waals surface area contributed by atoms with Crippen LogP contribution >= 0.6 is 23.2 Å². The van der Waals surface area contributed by atoms with E-state index in [1.54, 1.807) is 24.1 Å². The van der Waals surface area contributed by atoms with Gasteiger partial charge in [0, 0.05) is 17.3 Å². The molecule has 0 aliphatic heterocycles. The third-order valence-corrected chi connectivity index (χ3v) is 4.16. The number of rotatable bonds is 4. The maximum absolute atomic E-state index is 13.8. The number of ether oxygens (including phenoxy) is 1. The third-order valence-electron chi connectivity index (χ3n) is 3.56. The van der Waals surface area contributed by atoms with Gasteiger partial charge in [-0.2, -0.15) is 5.10 Å². The van der Waals surface area contributed by atoms with Crippen LogP contribution in [-0.2, 0) is 6.61 Å². The van der Waals surface area contributed by atoms with Crippen LogP contribution in [0.15, 0.2) is 42.6 Å². The number of aliphatic hydroxyl groups is 1. The van der Waals surface area contributed by atoms with E-state index in [0.29, 0.717) is 28.3 Å². The highest BCUT2D eigenvalue weighted by Crippen LogP contribution is 2.34. The summed E-state index contributed by atoms with van der Waals surface area (Å²) in [7, 11) is 1.56. The molecule has 0 saturated carbocycles. The lowest BCUT2D eigenvalue weighted by Crippen LogP contribution is -1.98. The molecule has 3 aromatic rings. The van der Waals surface area contributed by atoms with Crippen LogP contribution in [0, 0.1) is 5.82 Å². The number of nitrogens with zero attached hydrogens (tertiary/aromatic N) is 2. The Morgan fingerprint density at radius 3 is 2.67 bits per heavy atom. The van der Waals surface area contributed by atoms with E-state index in [1.807, 2.05) is 18.2 Å². The highest BCUT2D eigenvalue weighted by Gasteiger charge is 2.18. The fraction of sp³-hybridized carbons (Fsp3) is 0.118. The van der Waals surface area contributed by atoms with Crippen LogP contribution in [0.1, 0.15) is 5.56 Å². The molecule has 0 amide bonds. The summed E-state index contributed by atoms with van der Waals surface area (Å²) >= 11 is 11.9. The zero-order valence-corrected chi connectivity index (χ0v) is 14.1. The third kappa shape index (κ3) is 2.98. The highest BCUT2D eigenvalue weighted by molar-refractivity contribution is 6.36. The van der Waals surface area contributed by atoms with Crippen molar-refractivity contribution in [3.05, 3.63) is 64.0 Å². The van der Waals surface area contributed by atoms with Crippen LogP contribution in [0.4, 0.5) is 4.39 Å². The Labute approximate surface area is 148 Å². The highest BCUT2D eigenvalue weighted by atomic mass is 35.5. The summed E-state index contributed by atoms with van der Waals surface area (Å²) in [6.07, 6.45) is 1.65. The summed E-state index contributed by atoms with van der Waals surface area (Å²) in [6.45, 7) is -0.273. The molecule has 0 aliphatic carbocycles. The lowest BCUT2D eigenvalue weighted by molar-refractivity contribution is 0.282. The van der Waals surface area contributed by atoms with Gasteiger partial charge in [0.25, 0.3) is 0 Å². The molecule has 24 heavy (non-hydrogen) atoms. The van der Waals surface area contributed by atoms with Crippen molar-refractivity contribution < 1.29 is 14.2 Å². The molecule has 1 heterocycles. The average molecular weight is 367 g/mol. The number of aliphatic hydroxyl groups excluding tert-OH is 1. The smallest absolute Gasteiger partial charge is 0.144 e. The predicted molar refractivity (Wildman–Crippen MR) is 91.5 cm³/mol. The SMILES string of the molecule is COc1ccccc1-n1cc(CO)c(-c2cc(F)c(Cl)cc2Cl)n1. The van der Waals surface area contributed by atoms with Crippen LogP contribution in [0.25, 0.3) is 16.9 Å². The zero-order chi connectivity index (χ0) is 17.3. The van der Waals surface area contributed by atoms with E-state index >= 15 is 0 Å². The molecule has 0 spiro atoms. The number of benzene rings is 2. The number of hydrogen-bond donors (Lipinski definition) is 1. The Morgan fingerprint density at radius 2 is 1.96 bits per heavy atom. The molecule has 0 unspecified atom stereocenters. The second-order valence-corrected chi connectivity index (χ2v) is 5.84. The van der Waals surface area contributed by atoms with E-state index in [-0.39, 0.29) is 16.7 Å². The monoisotopic (exact) mass is 366 g/mol. The number of halogens is 3. The van der Waals surface area contributed by atoms with E-state index in [9.17, 15) is 9.50 Å². The van der Waals surface area contributed by atoms with E-state index in [4.69, 9.17) is 27.9 Å². The molecule has 4 nitrogen and oxygen atoms in total. The van der Waals surface area contributed by atoms with Gasteiger partial charge in [-0.15, -0.1) is 0 Å². The summed E-state index contributed by atoms with van der Waals surface area (Å²) in [5.41, 5.74) is 1.93. The molecule has 0 bridgehead atoms. The van der Waals surface area contributed by atoms with Crippen molar-refractivity contribution in [1.82, 2.24) is 9.78 Å². The van der Waals surface area contributed by atoms with E-state index in [0.717, 1.165) is 0 Å².